The molecule has 0 saturated carbocycles. The van der Waals surface area contributed by atoms with E-state index >= 15 is 0 Å². The Morgan fingerprint density at radius 1 is 1.73 bits per heavy atom. The van der Waals surface area contributed by atoms with Crippen molar-refractivity contribution in [3.05, 3.63) is 0 Å². The fraction of sp³-hybridized carbons (Fsp3) is 0.857. The molecule has 0 aromatic rings. The SMILES string of the molecule is CN1CC(O)C[C@@]1(C)C(=O)O. The van der Waals surface area contributed by atoms with Gasteiger partial charge in [-0.2, -0.15) is 0 Å². The second kappa shape index (κ2) is 2.46. The van der Waals surface area contributed by atoms with Gasteiger partial charge in [0.05, 0.1) is 6.10 Å². The Labute approximate surface area is 65.4 Å². The molecule has 0 spiro atoms. The minimum absolute atomic E-state index is 0.318. The van der Waals surface area contributed by atoms with E-state index in [0.29, 0.717) is 13.0 Å². The van der Waals surface area contributed by atoms with Crippen molar-refractivity contribution in [2.75, 3.05) is 13.6 Å². The van der Waals surface area contributed by atoms with Crippen molar-refractivity contribution in [2.45, 2.75) is 25.0 Å². The number of nitrogens with zero attached hydrogens (tertiary/aromatic N) is 1. The van der Waals surface area contributed by atoms with Crippen LogP contribution in [0.1, 0.15) is 13.3 Å². The topological polar surface area (TPSA) is 60.8 Å². The molecule has 1 rings (SSSR count). The molecule has 0 aliphatic carbocycles. The number of β-amino-alcohol motifs (C(OH)–C–C–N with tert-alkyl or cyclic N) is 1. The quantitative estimate of drug-likeness (QED) is 0.543. The average molecular weight is 159 g/mol. The predicted octanol–water partition coefficient (Wildman–Crippen LogP) is -0.474. The lowest BCUT2D eigenvalue weighted by molar-refractivity contribution is -0.147. The number of carboxylic acid groups (broad SMARTS) is 1. The standard InChI is InChI=1S/C7H13NO3/c1-7(6(10)11)3-5(9)4-8(7)2/h5,9H,3-4H2,1-2H3,(H,10,11)/t5?,7-/m0/s1. The number of likely N-dealkylation sites (N-methyl/N-ethyl adjacent to an activating group) is 1. The van der Waals surface area contributed by atoms with Gasteiger partial charge in [-0.15, -0.1) is 0 Å². The summed E-state index contributed by atoms with van der Waals surface area (Å²) in [6, 6.07) is 0. The summed E-state index contributed by atoms with van der Waals surface area (Å²) in [5.41, 5.74) is -0.876. The van der Waals surface area contributed by atoms with Crippen molar-refractivity contribution in [2.24, 2.45) is 0 Å². The Morgan fingerprint density at radius 3 is 2.45 bits per heavy atom. The van der Waals surface area contributed by atoms with Crippen LogP contribution in [0.25, 0.3) is 0 Å². The molecule has 1 saturated heterocycles. The summed E-state index contributed by atoms with van der Waals surface area (Å²) in [5.74, 6) is -0.864. The van der Waals surface area contributed by atoms with Gasteiger partial charge in [-0.25, -0.2) is 0 Å². The van der Waals surface area contributed by atoms with Gasteiger partial charge in [0.25, 0.3) is 0 Å². The van der Waals surface area contributed by atoms with Crippen LogP contribution >= 0.6 is 0 Å². The zero-order chi connectivity index (χ0) is 8.65. The van der Waals surface area contributed by atoms with Crippen molar-refractivity contribution < 1.29 is 15.0 Å². The van der Waals surface area contributed by atoms with E-state index < -0.39 is 17.6 Å². The van der Waals surface area contributed by atoms with E-state index in [0.717, 1.165) is 0 Å². The first kappa shape index (κ1) is 8.49. The third kappa shape index (κ3) is 1.23. The molecule has 64 valence electrons. The summed E-state index contributed by atoms with van der Waals surface area (Å²) in [4.78, 5) is 12.4. The summed E-state index contributed by atoms with van der Waals surface area (Å²) in [7, 11) is 1.71. The normalized spacial score (nSPS) is 39.4. The Morgan fingerprint density at radius 2 is 2.27 bits per heavy atom. The second-order valence-electron chi connectivity index (χ2n) is 3.32. The fourth-order valence-corrected chi connectivity index (χ4v) is 1.45. The van der Waals surface area contributed by atoms with Gasteiger partial charge in [0.2, 0.25) is 0 Å². The Bertz CT molecular complexity index is 183. The Kier molecular flexibility index (Phi) is 1.90. The molecule has 0 amide bonds. The van der Waals surface area contributed by atoms with Crippen molar-refractivity contribution >= 4 is 5.97 Å². The van der Waals surface area contributed by atoms with E-state index in [-0.39, 0.29) is 0 Å². The summed E-state index contributed by atoms with van der Waals surface area (Å²) < 4.78 is 0. The second-order valence-corrected chi connectivity index (χ2v) is 3.32. The van der Waals surface area contributed by atoms with Gasteiger partial charge in [-0.3, -0.25) is 9.69 Å². The summed E-state index contributed by atoms with van der Waals surface area (Å²) in [5, 5.41) is 18.0. The third-order valence-corrected chi connectivity index (χ3v) is 2.42. The average Bonchev–Trinajstić information content (AvgIpc) is 2.08. The molecule has 0 aromatic heterocycles. The van der Waals surface area contributed by atoms with E-state index in [1.54, 1.807) is 18.9 Å². The molecule has 0 radical (unpaired) electrons. The van der Waals surface area contributed by atoms with Gasteiger partial charge in [-0.05, 0) is 14.0 Å². The van der Waals surface area contributed by atoms with Gasteiger partial charge in [0.15, 0.2) is 0 Å². The van der Waals surface area contributed by atoms with E-state index in [1.807, 2.05) is 0 Å². The smallest absolute Gasteiger partial charge is 0.323 e. The fourth-order valence-electron chi connectivity index (χ4n) is 1.45. The molecule has 1 unspecified atom stereocenters. The maximum Gasteiger partial charge on any atom is 0.323 e. The van der Waals surface area contributed by atoms with Crippen LogP contribution in [0.15, 0.2) is 0 Å². The third-order valence-electron chi connectivity index (χ3n) is 2.42. The van der Waals surface area contributed by atoms with Crippen LogP contribution in [-0.4, -0.2) is 46.3 Å². The number of hydrogen-bond acceptors (Lipinski definition) is 3. The van der Waals surface area contributed by atoms with Crippen LogP contribution in [0.3, 0.4) is 0 Å². The van der Waals surface area contributed by atoms with Crippen LogP contribution < -0.4 is 0 Å². The zero-order valence-corrected chi connectivity index (χ0v) is 6.74. The molecule has 1 aliphatic heterocycles. The lowest BCUT2D eigenvalue weighted by atomic mass is 9.99. The number of aliphatic hydroxyl groups excluding tert-OH is 1. The molecule has 0 bridgehead atoms. The predicted molar refractivity (Wildman–Crippen MR) is 39.3 cm³/mol. The number of carbonyl (C=O) groups is 1. The van der Waals surface area contributed by atoms with E-state index in [2.05, 4.69) is 0 Å². The van der Waals surface area contributed by atoms with Crippen molar-refractivity contribution in [1.29, 1.82) is 0 Å². The lowest BCUT2D eigenvalue weighted by Crippen LogP contribution is -2.45. The first-order valence-corrected chi connectivity index (χ1v) is 3.59. The minimum atomic E-state index is -0.876. The number of hydrogen-bond donors (Lipinski definition) is 2. The maximum absolute atomic E-state index is 10.7. The van der Waals surface area contributed by atoms with Crippen molar-refractivity contribution in [3.63, 3.8) is 0 Å². The number of aliphatic carboxylic acids is 1. The molecular formula is C7H13NO3. The Balaban J connectivity index is 2.79. The van der Waals surface area contributed by atoms with Crippen molar-refractivity contribution in [3.8, 4) is 0 Å². The van der Waals surface area contributed by atoms with Gasteiger partial charge in [-0.1, -0.05) is 0 Å². The molecule has 0 aromatic carbocycles. The molecule has 4 heteroatoms. The molecular weight excluding hydrogens is 146 g/mol. The first-order valence-electron chi connectivity index (χ1n) is 3.59. The number of aliphatic hydroxyl groups is 1. The highest BCUT2D eigenvalue weighted by Crippen LogP contribution is 2.27. The largest absolute Gasteiger partial charge is 0.480 e. The van der Waals surface area contributed by atoms with E-state index in [4.69, 9.17) is 5.11 Å². The molecule has 1 aliphatic rings. The monoisotopic (exact) mass is 159 g/mol. The highest BCUT2D eigenvalue weighted by Gasteiger charge is 2.45. The summed E-state index contributed by atoms with van der Waals surface area (Å²) >= 11 is 0. The summed E-state index contributed by atoms with van der Waals surface area (Å²) in [6.07, 6.45) is -0.181. The Hall–Kier alpha value is -0.610. The van der Waals surface area contributed by atoms with E-state index in [1.165, 1.54) is 0 Å². The van der Waals surface area contributed by atoms with Gasteiger partial charge < -0.3 is 10.2 Å². The van der Waals surface area contributed by atoms with Crippen LogP contribution in [-0.2, 0) is 4.79 Å². The number of rotatable bonds is 1. The lowest BCUT2D eigenvalue weighted by Gasteiger charge is -2.26. The highest BCUT2D eigenvalue weighted by molar-refractivity contribution is 5.78. The molecule has 1 heterocycles. The number of carboxylic acids is 1. The van der Waals surface area contributed by atoms with Gasteiger partial charge >= 0.3 is 5.97 Å². The minimum Gasteiger partial charge on any atom is -0.480 e. The molecule has 11 heavy (non-hydrogen) atoms. The van der Waals surface area contributed by atoms with Gasteiger partial charge in [0.1, 0.15) is 5.54 Å². The van der Waals surface area contributed by atoms with E-state index in [9.17, 15) is 9.90 Å². The summed E-state index contributed by atoms with van der Waals surface area (Å²) in [6.45, 7) is 2.08. The van der Waals surface area contributed by atoms with Crippen LogP contribution in [0.5, 0.6) is 0 Å². The molecule has 2 N–H and O–H groups in total. The molecule has 2 atom stereocenters. The molecule has 1 fully saturated rings. The van der Waals surface area contributed by atoms with Crippen LogP contribution in [0.4, 0.5) is 0 Å². The zero-order valence-electron chi connectivity index (χ0n) is 6.74. The highest BCUT2D eigenvalue weighted by atomic mass is 16.4. The van der Waals surface area contributed by atoms with Gasteiger partial charge in [0, 0.05) is 13.0 Å². The van der Waals surface area contributed by atoms with Crippen molar-refractivity contribution in [1.82, 2.24) is 4.90 Å². The van der Waals surface area contributed by atoms with Crippen LogP contribution in [0, 0.1) is 0 Å². The maximum atomic E-state index is 10.7. The molecule has 4 nitrogen and oxygen atoms in total. The first-order chi connectivity index (χ1) is 4.97. The number of likely N-dealkylation sites (tertiary alicyclic amines) is 1. The van der Waals surface area contributed by atoms with Crippen LogP contribution in [0.2, 0.25) is 0 Å².